The summed E-state index contributed by atoms with van der Waals surface area (Å²) < 4.78 is 5.55. The van der Waals surface area contributed by atoms with Crippen molar-refractivity contribution < 1.29 is 14.1 Å². The van der Waals surface area contributed by atoms with Crippen LogP contribution in [0.3, 0.4) is 0 Å². The van der Waals surface area contributed by atoms with Crippen molar-refractivity contribution in [2.24, 2.45) is 0 Å². The quantitative estimate of drug-likeness (QED) is 0.681. The third kappa shape index (κ3) is 4.66. The van der Waals surface area contributed by atoms with Crippen molar-refractivity contribution >= 4 is 17.5 Å². The smallest absolute Gasteiger partial charge is 0.253 e. The van der Waals surface area contributed by atoms with Gasteiger partial charge >= 0.3 is 0 Å². The number of carbonyl (C=O) groups excluding carboxylic acids is 2. The van der Waals surface area contributed by atoms with Crippen molar-refractivity contribution in [1.82, 2.24) is 15.0 Å². The number of piperidine rings is 1. The molecule has 0 aliphatic carbocycles. The van der Waals surface area contributed by atoms with Crippen molar-refractivity contribution in [3.05, 3.63) is 65.0 Å². The predicted octanol–water partition coefficient (Wildman–Crippen LogP) is 4.33. The molecule has 2 heterocycles. The molecule has 0 spiro atoms. The maximum Gasteiger partial charge on any atom is 0.253 e. The first-order valence-electron chi connectivity index (χ1n) is 10.5. The van der Waals surface area contributed by atoms with E-state index in [9.17, 15) is 9.59 Å². The maximum absolute atomic E-state index is 13.0. The second-order valence-electron chi connectivity index (χ2n) is 8.10. The van der Waals surface area contributed by atoms with Gasteiger partial charge in [-0.3, -0.25) is 9.59 Å². The van der Waals surface area contributed by atoms with Gasteiger partial charge in [0, 0.05) is 36.8 Å². The van der Waals surface area contributed by atoms with E-state index in [0.29, 0.717) is 29.5 Å². The fourth-order valence-electron chi connectivity index (χ4n) is 3.84. The Morgan fingerprint density at radius 1 is 1.10 bits per heavy atom. The zero-order valence-corrected chi connectivity index (χ0v) is 18.0. The van der Waals surface area contributed by atoms with E-state index < -0.39 is 0 Å². The van der Waals surface area contributed by atoms with Crippen LogP contribution < -0.4 is 5.32 Å². The van der Waals surface area contributed by atoms with Crippen LogP contribution in [-0.2, 0) is 4.79 Å². The van der Waals surface area contributed by atoms with Gasteiger partial charge in [0.1, 0.15) is 0 Å². The lowest BCUT2D eigenvalue weighted by molar-refractivity contribution is -0.114. The maximum atomic E-state index is 13.0. The summed E-state index contributed by atoms with van der Waals surface area (Å²) >= 11 is 0. The fourth-order valence-corrected chi connectivity index (χ4v) is 3.84. The van der Waals surface area contributed by atoms with Crippen LogP contribution in [0.1, 0.15) is 53.1 Å². The van der Waals surface area contributed by atoms with Crippen molar-refractivity contribution in [1.29, 1.82) is 0 Å². The van der Waals surface area contributed by atoms with E-state index in [4.69, 9.17) is 4.52 Å². The molecule has 1 aliphatic heterocycles. The number of benzene rings is 2. The fraction of sp³-hybridized carbons (Fsp3) is 0.333. The SMILES string of the molecule is CC(=O)Nc1ccc(-c2noc([C@H]3CCCN(C(=O)c4ccc(C)c(C)c4)C3)n2)cc1. The van der Waals surface area contributed by atoms with Gasteiger partial charge in [0.25, 0.3) is 5.91 Å². The lowest BCUT2D eigenvalue weighted by Crippen LogP contribution is -2.39. The van der Waals surface area contributed by atoms with Crippen molar-refractivity contribution in [3.63, 3.8) is 0 Å². The van der Waals surface area contributed by atoms with Crippen LogP contribution in [0.5, 0.6) is 0 Å². The Morgan fingerprint density at radius 3 is 2.58 bits per heavy atom. The average Bonchev–Trinajstić information content (AvgIpc) is 3.26. The number of aromatic nitrogens is 2. The van der Waals surface area contributed by atoms with E-state index in [1.807, 2.05) is 49.1 Å². The average molecular weight is 418 g/mol. The van der Waals surface area contributed by atoms with Gasteiger partial charge in [-0.15, -0.1) is 0 Å². The van der Waals surface area contributed by atoms with Gasteiger partial charge in [-0.25, -0.2) is 0 Å². The van der Waals surface area contributed by atoms with Gasteiger partial charge in [0.2, 0.25) is 17.6 Å². The summed E-state index contributed by atoms with van der Waals surface area (Å²) in [6.45, 7) is 6.83. The Bertz CT molecular complexity index is 1100. The Labute approximate surface area is 181 Å². The number of likely N-dealkylation sites (tertiary alicyclic amines) is 1. The van der Waals surface area contributed by atoms with Crippen LogP contribution >= 0.6 is 0 Å². The van der Waals surface area contributed by atoms with Crippen molar-refractivity contribution in [3.8, 4) is 11.4 Å². The summed E-state index contributed by atoms with van der Waals surface area (Å²) in [5.41, 5.74) is 4.53. The molecule has 1 saturated heterocycles. The minimum absolute atomic E-state index is 0.0177. The topological polar surface area (TPSA) is 88.3 Å². The first-order chi connectivity index (χ1) is 14.9. The van der Waals surface area contributed by atoms with Crippen LogP contribution in [0.2, 0.25) is 0 Å². The van der Waals surface area contributed by atoms with Crippen LogP contribution in [0.15, 0.2) is 47.0 Å². The van der Waals surface area contributed by atoms with E-state index >= 15 is 0 Å². The number of amides is 2. The van der Waals surface area contributed by atoms with Gasteiger partial charge in [-0.2, -0.15) is 4.98 Å². The van der Waals surface area contributed by atoms with Gasteiger partial charge in [0.05, 0.1) is 5.92 Å². The first-order valence-corrected chi connectivity index (χ1v) is 10.5. The highest BCUT2D eigenvalue weighted by Gasteiger charge is 2.29. The second-order valence-corrected chi connectivity index (χ2v) is 8.10. The normalized spacial score (nSPS) is 16.2. The number of nitrogens with zero attached hydrogens (tertiary/aromatic N) is 3. The van der Waals surface area contributed by atoms with Gasteiger partial charge < -0.3 is 14.7 Å². The summed E-state index contributed by atoms with van der Waals surface area (Å²) in [4.78, 5) is 30.6. The van der Waals surface area contributed by atoms with E-state index in [-0.39, 0.29) is 17.7 Å². The summed E-state index contributed by atoms with van der Waals surface area (Å²) in [6.07, 6.45) is 1.80. The minimum Gasteiger partial charge on any atom is -0.339 e. The summed E-state index contributed by atoms with van der Waals surface area (Å²) in [5.74, 6) is 0.998. The third-order valence-electron chi connectivity index (χ3n) is 5.72. The molecule has 160 valence electrons. The molecule has 0 saturated carbocycles. The highest BCUT2D eigenvalue weighted by atomic mass is 16.5. The molecule has 0 unspecified atom stereocenters. The van der Waals surface area contributed by atoms with E-state index in [1.54, 1.807) is 12.1 Å². The van der Waals surface area contributed by atoms with Crippen LogP contribution in [0.4, 0.5) is 5.69 Å². The molecule has 1 aliphatic rings. The highest BCUT2D eigenvalue weighted by molar-refractivity contribution is 5.94. The standard InChI is InChI=1S/C24H26N4O3/c1-15-6-7-19(13-16(15)2)24(30)28-12-4-5-20(14-28)23-26-22(27-31-23)18-8-10-21(11-9-18)25-17(3)29/h6-11,13,20H,4-5,12,14H2,1-3H3,(H,25,29)/t20-/m0/s1. The van der Waals surface area contributed by atoms with E-state index in [2.05, 4.69) is 15.5 Å². The van der Waals surface area contributed by atoms with Gasteiger partial charge in [-0.05, 0) is 74.2 Å². The van der Waals surface area contributed by atoms with Crippen molar-refractivity contribution in [2.75, 3.05) is 18.4 Å². The molecule has 4 rings (SSSR count). The van der Waals surface area contributed by atoms with Crippen LogP contribution in [0, 0.1) is 13.8 Å². The summed E-state index contributed by atoms with van der Waals surface area (Å²) in [7, 11) is 0. The predicted molar refractivity (Wildman–Crippen MR) is 118 cm³/mol. The molecule has 1 aromatic heterocycles. The summed E-state index contributed by atoms with van der Waals surface area (Å²) in [5, 5.41) is 6.86. The van der Waals surface area contributed by atoms with Crippen molar-refractivity contribution in [2.45, 2.75) is 39.5 Å². The lowest BCUT2D eigenvalue weighted by Gasteiger charge is -2.31. The van der Waals surface area contributed by atoms with Crippen LogP contribution in [-0.4, -0.2) is 39.9 Å². The third-order valence-corrected chi connectivity index (χ3v) is 5.72. The zero-order valence-electron chi connectivity index (χ0n) is 18.0. The molecule has 2 amide bonds. The zero-order chi connectivity index (χ0) is 22.0. The molecule has 1 N–H and O–H groups in total. The number of rotatable bonds is 4. The lowest BCUT2D eigenvalue weighted by atomic mass is 9.96. The molecule has 31 heavy (non-hydrogen) atoms. The Hall–Kier alpha value is -3.48. The van der Waals surface area contributed by atoms with Gasteiger partial charge in [0.15, 0.2) is 0 Å². The van der Waals surface area contributed by atoms with E-state index in [1.165, 1.54) is 12.5 Å². The molecule has 0 radical (unpaired) electrons. The largest absolute Gasteiger partial charge is 0.339 e. The minimum atomic E-state index is -0.119. The number of anilines is 1. The molecule has 1 atom stereocenters. The van der Waals surface area contributed by atoms with E-state index in [0.717, 1.165) is 30.5 Å². The van der Waals surface area contributed by atoms with Crippen LogP contribution in [0.25, 0.3) is 11.4 Å². The molecule has 1 fully saturated rings. The Morgan fingerprint density at radius 2 is 1.87 bits per heavy atom. The second kappa shape index (κ2) is 8.71. The Kier molecular flexibility index (Phi) is 5.84. The molecule has 7 nitrogen and oxygen atoms in total. The van der Waals surface area contributed by atoms with Gasteiger partial charge in [-0.1, -0.05) is 11.2 Å². The molecule has 2 aromatic carbocycles. The molecule has 7 heteroatoms. The summed E-state index contributed by atoms with van der Waals surface area (Å²) in [6, 6.07) is 13.1. The number of hydrogen-bond acceptors (Lipinski definition) is 5. The molecular weight excluding hydrogens is 392 g/mol. The highest BCUT2D eigenvalue weighted by Crippen LogP contribution is 2.29. The molecular formula is C24H26N4O3. The molecule has 0 bridgehead atoms. The number of carbonyl (C=O) groups is 2. The number of nitrogens with one attached hydrogen (secondary N) is 1. The monoisotopic (exact) mass is 418 g/mol. The molecule has 3 aromatic rings. The number of hydrogen-bond donors (Lipinski definition) is 1. The first kappa shape index (κ1) is 20.8. The number of aryl methyl sites for hydroxylation is 2. The Balaban J connectivity index is 1.46.